The van der Waals surface area contributed by atoms with Crippen molar-refractivity contribution in [2.45, 2.75) is 58.5 Å². The minimum atomic E-state index is -4.41. The van der Waals surface area contributed by atoms with Gasteiger partial charge in [0.05, 0.1) is 5.56 Å². The number of carbonyl (C=O) groups is 1. The van der Waals surface area contributed by atoms with Crippen LogP contribution < -0.4 is 0 Å². The van der Waals surface area contributed by atoms with Gasteiger partial charge >= 0.3 is 6.18 Å². The van der Waals surface area contributed by atoms with Crippen LogP contribution in [0.2, 0.25) is 0 Å². The molecule has 0 saturated heterocycles. The number of hydrogen-bond donors (Lipinski definition) is 0. The van der Waals surface area contributed by atoms with Gasteiger partial charge in [0.2, 0.25) is 0 Å². The van der Waals surface area contributed by atoms with Crippen molar-refractivity contribution in [3.8, 4) is 0 Å². The molecule has 1 nitrogen and oxygen atoms in total. The molecule has 2 aromatic carbocycles. The predicted molar refractivity (Wildman–Crippen MR) is 98.7 cm³/mol. The Morgan fingerprint density at radius 2 is 1.08 bits per heavy atom. The second-order valence-corrected chi connectivity index (χ2v) is 8.70. The van der Waals surface area contributed by atoms with E-state index in [9.17, 15) is 18.0 Å². The molecule has 0 saturated carbocycles. The van der Waals surface area contributed by atoms with Gasteiger partial charge in [-0.2, -0.15) is 13.2 Å². The number of ketones is 1. The molecule has 2 aromatic rings. The summed E-state index contributed by atoms with van der Waals surface area (Å²) < 4.78 is 38.2. The molecule has 26 heavy (non-hydrogen) atoms. The van der Waals surface area contributed by atoms with Crippen LogP contribution in [0, 0.1) is 0 Å². The van der Waals surface area contributed by atoms with Crippen molar-refractivity contribution in [2.24, 2.45) is 0 Å². The summed E-state index contributed by atoms with van der Waals surface area (Å²) in [5.41, 5.74) is 1.77. The number of benzene rings is 2. The first-order valence-corrected chi connectivity index (χ1v) is 8.57. The van der Waals surface area contributed by atoms with Crippen molar-refractivity contribution >= 4 is 5.78 Å². The van der Waals surface area contributed by atoms with Crippen molar-refractivity contribution in [1.29, 1.82) is 0 Å². The third-order valence-corrected chi connectivity index (χ3v) is 4.40. The van der Waals surface area contributed by atoms with E-state index in [1.165, 1.54) is 12.1 Å². The topological polar surface area (TPSA) is 17.1 Å². The molecule has 0 aliphatic carbocycles. The van der Waals surface area contributed by atoms with Crippen LogP contribution >= 0.6 is 0 Å². The molecule has 0 heterocycles. The standard InChI is InChI=1S/C22H25F3O/c1-20(2,3)17-11-15(12-18(13-17)21(4,5)6)19(26)14-7-9-16(10-8-14)22(23,24)25/h7-13H,1-6H3. The van der Waals surface area contributed by atoms with E-state index in [0.717, 1.165) is 23.3 Å². The van der Waals surface area contributed by atoms with Gasteiger partial charge in [0, 0.05) is 11.1 Å². The minimum absolute atomic E-state index is 0.142. The summed E-state index contributed by atoms with van der Waals surface area (Å²) in [7, 11) is 0. The van der Waals surface area contributed by atoms with Gasteiger partial charge in [-0.05, 0) is 46.2 Å². The van der Waals surface area contributed by atoms with Crippen molar-refractivity contribution in [3.63, 3.8) is 0 Å². The summed E-state index contributed by atoms with van der Waals surface area (Å²) in [5.74, 6) is -0.268. The molecule has 0 aromatic heterocycles. The fourth-order valence-corrected chi connectivity index (χ4v) is 2.60. The lowest BCUT2D eigenvalue weighted by atomic mass is 9.79. The molecule has 0 atom stereocenters. The van der Waals surface area contributed by atoms with Gasteiger partial charge in [-0.1, -0.05) is 59.7 Å². The van der Waals surface area contributed by atoms with Crippen LogP contribution in [-0.2, 0) is 17.0 Å². The summed E-state index contributed by atoms with van der Waals surface area (Å²) in [4.78, 5) is 12.9. The molecule has 0 aliphatic heterocycles. The van der Waals surface area contributed by atoms with Crippen molar-refractivity contribution in [3.05, 3.63) is 70.3 Å². The Labute approximate surface area is 153 Å². The van der Waals surface area contributed by atoms with E-state index in [4.69, 9.17) is 0 Å². The van der Waals surface area contributed by atoms with E-state index >= 15 is 0 Å². The zero-order chi connectivity index (χ0) is 19.9. The quantitative estimate of drug-likeness (QED) is 0.555. The molecule has 0 fully saturated rings. The molecule has 0 amide bonds. The van der Waals surface area contributed by atoms with E-state index in [0.29, 0.717) is 5.56 Å². The van der Waals surface area contributed by atoms with Gasteiger partial charge in [-0.3, -0.25) is 4.79 Å². The maximum atomic E-state index is 12.9. The number of hydrogen-bond acceptors (Lipinski definition) is 1. The number of rotatable bonds is 2. The zero-order valence-corrected chi connectivity index (χ0v) is 16.1. The number of alkyl halides is 3. The fourth-order valence-electron chi connectivity index (χ4n) is 2.60. The summed E-state index contributed by atoms with van der Waals surface area (Å²) >= 11 is 0. The normalized spacial score (nSPS) is 13.0. The van der Waals surface area contributed by atoms with Crippen LogP contribution in [-0.4, -0.2) is 5.78 Å². The molecule has 0 N–H and O–H groups in total. The summed E-state index contributed by atoms with van der Waals surface area (Å²) in [5, 5.41) is 0. The van der Waals surface area contributed by atoms with Crippen LogP contribution in [0.5, 0.6) is 0 Å². The zero-order valence-electron chi connectivity index (χ0n) is 16.1. The van der Waals surface area contributed by atoms with Crippen molar-refractivity contribution in [2.75, 3.05) is 0 Å². The Bertz CT molecular complexity index is 769. The molecule has 0 bridgehead atoms. The minimum Gasteiger partial charge on any atom is -0.289 e. The maximum absolute atomic E-state index is 12.9. The van der Waals surface area contributed by atoms with Gasteiger partial charge in [-0.15, -0.1) is 0 Å². The van der Waals surface area contributed by atoms with E-state index < -0.39 is 11.7 Å². The van der Waals surface area contributed by atoms with Gasteiger partial charge in [0.1, 0.15) is 0 Å². The highest BCUT2D eigenvalue weighted by Gasteiger charge is 2.30. The first kappa shape index (κ1) is 20.2. The molecular weight excluding hydrogens is 337 g/mol. The van der Waals surface area contributed by atoms with Crippen LogP contribution in [0.4, 0.5) is 13.2 Å². The van der Waals surface area contributed by atoms with E-state index in [2.05, 4.69) is 47.6 Å². The maximum Gasteiger partial charge on any atom is 0.416 e. The molecule has 4 heteroatoms. The third-order valence-electron chi connectivity index (χ3n) is 4.40. The van der Waals surface area contributed by atoms with Crippen LogP contribution in [0.3, 0.4) is 0 Å². The van der Waals surface area contributed by atoms with E-state index in [1.807, 2.05) is 12.1 Å². The Hall–Kier alpha value is -2.10. The summed E-state index contributed by atoms with van der Waals surface area (Å²) in [6, 6.07) is 10.2. The second kappa shape index (κ2) is 6.57. The molecule has 0 spiro atoms. The number of halogens is 3. The molecular formula is C22H25F3O. The smallest absolute Gasteiger partial charge is 0.289 e. The average Bonchev–Trinajstić information content (AvgIpc) is 2.51. The highest BCUT2D eigenvalue weighted by Crippen LogP contribution is 2.32. The molecule has 140 valence electrons. The Morgan fingerprint density at radius 3 is 1.42 bits per heavy atom. The van der Waals surface area contributed by atoms with Crippen molar-refractivity contribution < 1.29 is 18.0 Å². The lowest BCUT2D eigenvalue weighted by Crippen LogP contribution is -2.18. The molecule has 2 rings (SSSR count). The largest absolute Gasteiger partial charge is 0.416 e. The Morgan fingerprint density at radius 1 is 0.654 bits per heavy atom. The van der Waals surface area contributed by atoms with E-state index in [1.54, 1.807) is 0 Å². The predicted octanol–water partition coefficient (Wildman–Crippen LogP) is 6.53. The van der Waals surface area contributed by atoms with Crippen LogP contribution in [0.1, 0.15) is 74.2 Å². The first-order valence-electron chi connectivity index (χ1n) is 8.57. The molecule has 0 unspecified atom stereocenters. The van der Waals surface area contributed by atoms with Gasteiger partial charge in [0.25, 0.3) is 0 Å². The van der Waals surface area contributed by atoms with Gasteiger partial charge < -0.3 is 0 Å². The number of carbonyl (C=O) groups excluding carboxylic acids is 1. The second-order valence-electron chi connectivity index (χ2n) is 8.70. The average molecular weight is 362 g/mol. The van der Waals surface area contributed by atoms with E-state index in [-0.39, 0.29) is 22.2 Å². The lowest BCUT2D eigenvalue weighted by Gasteiger charge is -2.26. The Balaban J connectivity index is 2.51. The third kappa shape index (κ3) is 4.54. The van der Waals surface area contributed by atoms with Gasteiger partial charge in [0.15, 0.2) is 5.78 Å². The highest BCUT2D eigenvalue weighted by molar-refractivity contribution is 6.09. The summed E-state index contributed by atoms with van der Waals surface area (Å²) in [6.07, 6.45) is -4.41. The van der Waals surface area contributed by atoms with Crippen LogP contribution in [0.15, 0.2) is 42.5 Å². The molecule has 0 aliphatic rings. The van der Waals surface area contributed by atoms with Crippen molar-refractivity contribution in [1.82, 2.24) is 0 Å². The lowest BCUT2D eigenvalue weighted by molar-refractivity contribution is -0.137. The summed E-state index contributed by atoms with van der Waals surface area (Å²) in [6.45, 7) is 12.4. The Kier molecular flexibility index (Phi) is 5.10. The highest BCUT2D eigenvalue weighted by atomic mass is 19.4. The van der Waals surface area contributed by atoms with Crippen LogP contribution in [0.25, 0.3) is 0 Å². The molecule has 0 radical (unpaired) electrons. The SMILES string of the molecule is CC(C)(C)c1cc(C(=O)c2ccc(C(F)(F)F)cc2)cc(C(C)(C)C)c1. The first-order chi connectivity index (χ1) is 11.7. The monoisotopic (exact) mass is 362 g/mol. The van der Waals surface area contributed by atoms with Gasteiger partial charge in [-0.25, -0.2) is 0 Å². The fraction of sp³-hybridized carbons (Fsp3) is 0.409.